The lowest BCUT2D eigenvalue weighted by Gasteiger charge is -2.20. The fourth-order valence-corrected chi connectivity index (χ4v) is 2.10. The van der Waals surface area contributed by atoms with E-state index in [1.807, 2.05) is 0 Å². The summed E-state index contributed by atoms with van der Waals surface area (Å²) in [4.78, 5) is 22.1. The number of aliphatic carboxylic acids is 1. The lowest BCUT2D eigenvalue weighted by Crippen LogP contribution is -2.36. The molecule has 5 nitrogen and oxygen atoms in total. The van der Waals surface area contributed by atoms with Gasteiger partial charge in [0.15, 0.2) is 0 Å². The molecule has 1 saturated carbocycles. The molecule has 0 aromatic carbocycles. The summed E-state index contributed by atoms with van der Waals surface area (Å²) in [5.41, 5.74) is 0. The zero-order valence-electron chi connectivity index (χ0n) is 11.9. The van der Waals surface area contributed by atoms with Crippen LogP contribution in [-0.4, -0.2) is 36.1 Å². The largest absolute Gasteiger partial charge is 0.481 e. The molecule has 3 N–H and O–H groups in total. The van der Waals surface area contributed by atoms with Crippen LogP contribution in [0.2, 0.25) is 0 Å². The van der Waals surface area contributed by atoms with E-state index in [-0.39, 0.29) is 12.3 Å². The maximum atomic E-state index is 11.5. The normalized spacial score (nSPS) is 16.4. The van der Waals surface area contributed by atoms with Crippen molar-refractivity contribution in [3.63, 3.8) is 0 Å². The van der Waals surface area contributed by atoms with E-state index in [9.17, 15) is 9.59 Å². The minimum Gasteiger partial charge on any atom is -0.481 e. The Bertz CT molecular complexity index is 301. The second-order valence-corrected chi connectivity index (χ2v) is 5.73. The summed E-state index contributed by atoms with van der Waals surface area (Å²) in [6.07, 6.45) is 4.10. The fourth-order valence-electron chi connectivity index (χ4n) is 2.10. The van der Waals surface area contributed by atoms with Gasteiger partial charge in [-0.15, -0.1) is 0 Å². The molecule has 0 bridgehead atoms. The van der Waals surface area contributed by atoms with Crippen molar-refractivity contribution in [3.05, 3.63) is 0 Å². The van der Waals surface area contributed by atoms with Crippen molar-refractivity contribution >= 4 is 11.9 Å². The van der Waals surface area contributed by atoms with E-state index in [1.54, 1.807) is 0 Å². The molecule has 1 fully saturated rings. The highest BCUT2D eigenvalue weighted by molar-refractivity contribution is 5.78. The summed E-state index contributed by atoms with van der Waals surface area (Å²) < 4.78 is 0. The first-order chi connectivity index (χ1) is 8.99. The monoisotopic (exact) mass is 270 g/mol. The number of carbonyl (C=O) groups is 2. The van der Waals surface area contributed by atoms with E-state index in [0.717, 1.165) is 6.42 Å². The first kappa shape index (κ1) is 16.0. The Hall–Kier alpha value is -1.10. The molecule has 0 saturated heterocycles. The van der Waals surface area contributed by atoms with E-state index >= 15 is 0 Å². The molecule has 1 aliphatic carbocycles. The van der Waals surface area contributed by atoms with Crippen molar-refractivity contribution in [2.24, 2.45) is 11.8 Å². The Morgan fingerprint density at radius 2 is 1.95 bits per heavy atom. The summed E-state index contributed by atoms with van der Waals surface area (Å²) >= 11 is 0. The molecular formula is C14H26N2O3. The molecule has 1 amide bonds. The fraction of sp³-hybridized carbons (Fsp3) is 0.857. The van der Waals surface area contributed by atoms with Gasteiger partial charge in [0.25, 0.3) is 0 Å². The van der Waals surface area contributed by atoms with E-state index < -0.39 is 5.97 Å². The minimum absolute atomic E-state index is 0.0349. The predicted octanol–water partition coefficient (Wildman–Crippen LogP) is 1.38. The maximum Gasteiger partial charge on any atom is 0.303 e. The van der Waals surface area contributed by atoms with Crippen LogP contribution in [0.5, 0.6) is 0 Å². The number of carboxylic acid groups (broad SMARTS) is 1. The molecule has 0 heterocycles. The second-order valence-electron chi connectivity index (χ2n) is 5.73. The van der Waals surface area contributed by atoms with Gasteiger partial charge >= 0.3 is 5.97 Å². The van der Waals surface area contributed by atoms with Crippen LogP contribution in [0, 0.1) is 11.8 Å². The van der Waals surface area contributed by atoms with Gasteiger partial charge in [-0.25, -0.2) is 0 Å². The predicted molar refractivity (Wildman–Crippen MR) is 73.8 cm³/mol. The van der Waals surface area contributed by atoms with Gasteiger partial charge < -0.3 is 15.7 Å². The van der Waals surface area contributed by atoms with Crippen LogP contribution in [0.15, 0.2) is 0 Å². The number of rotatable bonds is 10. The molecular weight excluding hydrogens is 244 g/mol. The number of hydrogen-bond donors (Lipinski definition) is 3. The molecule has 5 heteroatoms. The molecule has 110 valence electrons. The highest BCUT2D eigenvalue weighted by Gasteiger charge is 2.21. The van der Waals surface area contributed by atoms with Crippen LogP contribution >= 0.6 is 0 Å². The van der Waals surface area contributed by atoms with Gasteiger partial charge in [-0.1, -0.05) is 13.8 Å². The molecule has 1 aliphatic rings. The number of nitrogens with one attached hydrogen (secondary N) is 2. The summed E-state index contributed by atoms with van der Waals surface area (Å²) in [6.45, 7) is 5.23. The van der Waals surface area contributed by atoms with Crippen molar-refractivity contribution in [1.82, 2.24) is 10.6 Å². The molecule has 1 unspecified atom stereocenters. The van der Waals surface area contributed by atoms with Crippen molar-refractivity contribution in [1.29, 1.82) is 0 Å². The van der Waals surface area contributed by atoms with Gasteiger partial charge in [0.2, 0.25) is 5.91 Å². The number of carboxylic acids is 1. The Balaban J connectivity index is 2.11. The number of amides is 1. The molecule has 0 spiro atoms. The van der Waals surface area contributed by atoms with Crippen LogP contribution in [0.4, 0.5) is 0 Å². The summed E-state index contributed by atoms with van der Waals surface area (Å²) in [5, 5.41) is 14.8. The quantitative estimate of drug-likeness (QED) is 0.560. The van der Waals surface area contributed by atoms with Crippen LogP contribution in [0.25, 0.3) is 0 Å². The van der Waals surface area contributed by atoms with Gasteiger partial charge in [-0.2, -0.15) is 0 Å². The van der Waals surface area contributed by atoms with Crippen molar-refractivity contribution in [2.75, 3.05) is 13.1 Å². The van der Waals surface area contributed by atoms with E-state index in [0.29, 0.717) is 37.4 Å². The van der Waals surface area contributed by atoms with Gasteiger partial charge in [0.05, 0.1) is 6.54 Å². The second kappa shape index (κ2) is 8.15. The summed E-state index contributed by atoms with van der Waals surface area (Å²) in [6, 6.07) is 0.546. The average molecular weight is 270 g/mol. The number of carbonyl (C=O) groups excluding carboxylic acids is 1. The van der Waals surface area contributed by atoms with E-state index in [4.69, 9.17) is 5.11 Å². The third-order valence-corrected chi connectivity index (χ3v) is 3.64. The van der Waals surface area contributed by atoms with Crippen molar-refractivity contribution in [3.8, 4) is 0 Å². The van der Waals surface area contributed by atoms with Gasteiger partial charge in [-0.3, -0.25) is 9.59 Å². The molecule has 1 atom stereocenters. The van der Waals surface area contributed by atoms with Crippen molar-refractivity contribution in [2.45, 2.75) is 52.0 Å². The Labute approximate surface area is 115 Å². The number of hydrogen-bond acceptors (Lipinski definition) is 3. The minimum atomic E-state index is -0.747. The maximum absolute atomic E-state index is 11.5. The van der Waals surface area contributed by atoms with E-state index in [2.05, 4.69) is 24.5 Å². The Kier molecular flexibility index (Phi) is 6.84. The van der Waals surface area contributed by atoms with Gasteiger partial charge in [-0.05, 0) is 37.5 Å². The Morgan fingerprint density at radius 1 is 1.26 bits per heavy atom. The molecule has 0 aromatic heterocycles. The smallest absolute Gasteiger partial charge is 0.303 e. The topological polar surface area (TPSA) is 78.4 Å². The standard InChI is InChI=1S/C14H26N2O3/c1-10(2)11(3-6-14(18)19)7-8-15-13(17)9-16-12-4-5-12/h10-12,16H,3-9H2,1-2H3,(H,15,17)(H,18,19). The third kappa shape index (κ3) is 7.82. The van der Waals surface area contributed by atoms with Crippen LogP contribution in [0.3, 0.4) is 0 Å². The van der Waals surface area contributed by atoms with E-state index in [1.165, 1.54) is 12.8 Å². The first-order valence-corrected chi connectivity index (χ1v) is 7.21. The third-order valence-electron chi connectivity index (χ3n) is 3.64. The van der Waals surface area contributed by atoms with Crippen LogP contribution in [-0.2, 0) is 9.59 Å². The summed E-state index contributed by atoms with van der Waals surface area (Å²) in [7, 11) is 0. The zero-order chi connectivity index (χ0) is 14.3. The van der Waals surface area contributed by atoms with Gasteiger partial charge in [0, 0.05) is 19.0 Å². The zero-order valence-corrected chi connectivity index (χ0v) is 11.9. The lowest BCUT2D eigenvalue weighted by molar-refractivity contribution is -0.137. The molecule has 0 aliphatic heterocycles. The lowest BCUT2D eigenvalue weighted by atomic mass is 9.88. The molecule has 1 rings (SSSR count). The Morgan fingerprint density at radius 3 is 2.47 bits per heavy atom. The highest BCUT2D eigenvalue weighted by atomic mass is 16.4. The SMILES string of the molecule is CC(C)C(CCNC(=O)CNC1CC1)CCC(=O)O. The first-order valence-electron chi connectivity index (χ1n) is 7.21. The molecule has 0 aromatic rings. The summed E-state index contributed by atoms with van der Waals surface area (Å²) in [5.74, 6) is 0.0876. The van der Waals surface area contributed by atoms with Crippen LogP contribution < -0.4 is 10.6 Å². The molecule has 19 heavy (non-hydrogen) atoms. The van der Waals surface area contributed by atoms with Crippen molar-refractivity contribution < 1.29 is 14.7 Å². The average Bonchev–Trinajstić information content (AvgIpc) is 3.14. The molecule has 0 radical (unpaired) electrons. The van der Waals surface area contributed by atoms with Gasteiger partial charge in [0.1, 0.15) is 0 Å². The van der Waals surface area contributed by atoms with Crippen LogP contribution in [0.1, 0.15) is 46.0 Å². The highest BCUT2D eigenvalue weighted by Crippen LogP contribution is 2.20.